The van der Waals surface area contributed by atoms with Crippen molar-refractivity contribution in [1.82, 2.24) is 9.78 Å². The van der Waals surface area contributed by atoms with Crippen LogP contribution in [0.2, 0.25) is 0 Å². The third kappa shape index (κ3) is 2.43. The summed E-state index contributed by atoms with van der Waals surface area (Å²) in [5, 5.41) is 5.72. The second-order valence-electron chi connectivity index (χ2n) is 3.97. The van der Waals surface area contributed by atoms with E-state index in [0.29, 0.717) is 0 Å². The molecule has 92 valence electrons. The van der Waals surface area contributed by atoms with Gasteiger partial charge in [0.1, 0.15) is 0 Å². The van der Waals surface area contributed by atoms with Crippen molar-refractivity contribution >= 4 is 10.9 Å². The summed E-state index contributed by atoms with van der Waals surface area (Å²) in [4.78, 5) is 0. The van der Waals surface area contributed by atoms with E-state index in [1.54, 1.807) is 0 Å². The van der Waals surface area contributed by atoms with Crippen molar-refractivity contribution in [3.8, 4) is 5.69 Å². The van der Waals surface area contributed by atoms with Crippen LogP contribution in [0.5, 0.6) is 0 Å². The maximum atomic E-state index is 4.54. The van der Waals surface area contributed by atoms with Crippen molar-refractivity contribution in [2.45, 2.75) is 20.8 Å². The first-order chi connectivity index (χ1) is 8.83. The Labute approximate surface area is 108 Å². The number of rotatable bonds is 1. The molecule has 0 fully saturated rings. The molecule has 0 saturated heterocycles. The van der Waals surface area contributed by atoms with Crippen LogP contribution < -0.4 is 0 Å². The summed E-state index contributed by atoms with van der Waals surface area (Å²) in [5.74, 6) is 0. The van der Waals surface area contributed by atoms with Gasteiger partial charge in [-0.3, -0.25) is 0 Å². The van der Waals surface area contributed by atoms with Crippen LogP contribution in [0, 0.1) is 6.92 Å². The van der Waals surface area contributed by atoms with E-state index >= 15 is 0 Å². The zero-order chi connectivity index (χ0) is 13.0. The van der Waals surface area contributed by atoms with Crippen molar-refractivity contribution < 1.29 is 0 Å². The molecular weight excluding hydrogens is 220 g/mol. The minimum Gasteiger partial charge on any atom is -0.240 e. The minimum atomic E-state index is 1.04. The monoisotopic (exact) mass is 238 g/mol. The highest BCUT2D eigenvalue weighted by molar-refractivity contribution is 5.79. The first-order valence-electron chi connectivity index (χ1n) is 6.34. The van der Waals surface area contributed by atoms with Crippen LogP contribution in [0.1, 0.15) is 19.4 Å². The van der Waals surface area contributed by atoms with Gasteiger partial charge in [-0.05, 0) is 31.2 Å². The third-order valence-electron chi connectivity index (χ3n) is 2.68. The molecule has 0 aliphatic heterocycles. The fraction of sp³-hybridized carbons (Fsp3) is 0.188. The van der Waals surface area contributed by atoms with E-state index in [1.165, 1.54) is 10.9 Å². The quantitative estimate of drug-likeness (QED) is 0.616. The van der Waals surface area contributed by atoms with Gasteiger partial charge in [-0.25, -0.2) is 4.68 Å². The number of hydrogen-bond acceptors (Lipinski definition) is 1. The highest BCUT2D eigenvalue weighted by Crippen LogP contribution is 2.16. The predicted molar refractivity (Wildman–Crippen MR) is 77.2 cm³/mol. The van der Waals surface area contributed by atoms with E-state index in [-0.39, 0.29) is 0 Å². The zero-order valence-electron chi connectivity index (χ0n) is 11.1. The largest absolute Gasteiger partial charge is 0.240 e. The van der Waals surface area contributed by atoms with Gasteiger partial charge < -0.3 is 0 Å². The third-order valence-corrected chi connectivity index (χ3v) is 2.68. The van der Waals surface area contributed by atoms with Crippen LogP contribution in [0.15, 0.2) is 54.7 Å². The zero-order valence-corrected chi connectivity index (χ0v) is 11.1. The summed E-state index contributed by atoms with van der Waals surface area (Å²) in [6, 6.07) is 16.5. The Kier molecular flexibility index (Phi) is 3.78. The summed E-state index contributed by atoms with van der Waals surface area (Å²) < 4.78 is 1.92. The minimum absolute atomic E-state index is 1.04. The van der Waals surface area contributed by atoms with Gasteiger partial charge in [0.2, 0.25) is 0 Å². The molecule has 2 aromatic carbocycles. The molecule has 0 unspecified atom stereocenters. The molecule has 0 N–H and O–H groups in total. The van der Waals surface area contributed by atoms with Crippen LogP contribution in [-0.4, -0.2) is 9.78 Å². The second kappa shape index (κ2) is 5.50. The molecule has 2 heteroatoms. The number of para-hydroxylation sites is 1. The summed E-state index contributed by atoms with van der Waals surface area (Å²) in [6.45, 7) is 6.10. The number of nitrogens with zero attached hydrogens (tertiary/aromatic N) is 2. The molecule has 2 nitrogen and oxygen atoms in total. The fourth-order valence-electron chi connectivity index (χ4n) is 1.86. The summed E-state index contributed by atoms with van der Waals surface area (Å²) in [6.07, 6.45) is 2.07. The predicted octanol–water partition coefficient (Wildman–Crippen LogP) is 4.36. The van der Waals surface area contributed by atoms with Crippen LogP contribution in [0.4, 0.5) is 0 Å². The lowest BCUT2D eigenvalue weighted by Gasteiger charge is -1.98. The van der Waals surface area contributed by atoms with Gasteiger partial charge in [0.15, 0.2) is 0 Å². The van der Waals surface area contributed by atoms with Crippen LogP contribution in [0.25, 0.3) is 16.6 Å². The maximum Gasteiger partial charge on any atom is 0.0927 e. The fourth-order valence-corrected chi connectivity index (χ4v) is 1.86. The van der Waals surface area contributed by atoms with Crippen molar-refractivity contribution in [1.29, 1.82) is 0 Å². The summed E-state index contributed by atoms with van der Waals surface area (Å²) >= 11 is 0. The van der Waals surface area contributed by atoms with E-state index in [9.17, 15) is 0 Å². The molecule has 3 rings (SSSR count). The van der Waals surface area contributed by atoms with Gasteiger partial charge in [0.25, 0.3) is 0 Å². The van der Waals surface area contributed by atoms with E-state index in [1.807, 2.05) is 36.7 Å². The Morgan fingerprint density at radius 3 is 2.39 bits per heavy atom. The van der Waals surface area contributed by atoms with E-state index in [4.69, 9.17) is 0 Å². The van der Waals surface area contributed by atoms with Crippen LogP contribution in [-0.2, 0) is 0 Å². The SMILES string of the molecule is CC.Cc1ccc2nn(-c3ccccc3)cc2c1. The van der Waals surface area contributed by atoms with E-state index in [2.05, 4.69) is 48.6 Å². The van der Waals surface area contributed by atoms with E-state index in [0.717, 1.165) is 11.2 Å². The number of hydrogen-bond donors (Lipinski definition) is 0. The molecule has 0 amide bonds. The van der Waals surface area contributed by atoms with Crippen molar-refractivity contribution in [2.24, 2.45) is 0 Å². The van der Waals surface area contributed by atoms with Gasteiger partial charge in [-0.2, -0.15) is 5.10 Å². The Morgan fingerprint density at radius 2 is 1.67 bits per heavy atom. The lowest BCUT2D eigenvalue weighted by molar-refractivity contribution is 0.896. The van der Waals surface area contributed by atoms with Gasteiger partial charge in [0.05, 0.1) is 11.2 Å². The smallest absolute Gasteiger partial charge is 0.0927 e. The van der Waals surface area contributed by atoms with Gasteiger partial charge in [-0.1, -0.05) is 43.7 Å². The second-order valence-corrected chi connectivity index (χ2v) is 3.97. The number of fused-ring (bicyclic) bond motifs is 1. The molecule has 0 saturated carbocycles. The average Bonchev–Trinajstić information content (AvgIpc) is 2.85. The van der Waals surface area contributed by atoms with Crippen LogP contribution >= 0.6 is 0 Å². The molecular formula is C16H18N2. The first-order valence-corrected chi connectivity index (χ1v) is 6.34. The highest BCUT2D eigenvalue weighted by Gasteiger charge is 2.01. The lowest BCUT2D eigenvalue weighted by atomic mass is 10.2. The molecule has 0 atom stereocenters. The number of benzene rings is 2. The van der Waals surface area contributed by atoms with Gasteiger partial charge in [0, 0.05) is 11.6 Å². The average molecular weight is 238 g/mol. The summed E-state index contributed by atoms with van der Waals surface area (Å²) in [5.41, 5.74) is 3.39. The van der Waals surface area contributed by atoms with Crippen molar-refractivity contribution in [3.63, 3.8) is 0 Å². The number of aryl methyl sites for hydroxylation is 1. The Balaban J connectivity index is 0.000000574. The molecule has 0 aliphatic rings. The van der Waals surface area contributed by atoms with E-state index < -0.39 is 0 Å². The topological polar surface area (TPSA) is 17.8 Å². The maximum absolute atomic E-state index is 4.54. The molecule has 0 radical (unpaired) electrons. The molecule has 3 aromatic rings. The Bertz CT molecular complexity index is 624. The normalized spacial score (nSPS) is 9.94. The standard InChI is InChI=1S/C14H12N2.C2H6/c1-11-7-8-14-12(9-11)10-16(15-14)13-5-3-2-4-6-13;1-2/h2-10H,1H3;1-2H3. The molecule has 1 heterocycles. The van der Waals surface area contributed by atoms with Crippen molar-refractivity contribution in [2.75, 3.05) is 0 Å². The van der Waals surface area contributed by atoms with Crippen molar-refractivity contribution in [3.05, 3.63) is 60.3 Å². The first kappa shape index (κ1) is 12.4. The molecule has 1 aromatic heterocycles. The molecule has 0 spiro atoms. The summed E-state index contributed by atoms with van der Waals surface area (Å²) in [7, 11) is 0. The Hall–Kier alpha value is -2.09. The van der Waals surface area contributed by atoms with Crippen LogP contribution in [0.3, 0.4) is 0 Å². The molecule has 0 bridgehead atoms. The van der Waals surface area contributed by atoms with Gasteiger partial charge in [-0.15, -0.1) is 0 Å². The molecule has 0 aliphatic carbocycles. The number of aromatic nitrogens is 2. The van der Waals surface area contributed by atoms with Gasteiger partial charge >= 0.3 is 0 Å². The highest BCUT2D eigenvalue weighted by atomic mass is 15.3. The lowest BCUT2D eigenvalue weighted by Crippen LogP contribution is -1.92. The molecule has 18 heavy (non-hydrogen) atoms. The Morgan fingerprint density at radius 1 is 0.944 bits per heavy atom.